The third-order valence-electron chi connectivity index (χ3n) is 6.34. The lowest BCUT2D eigenvalue weighted by Crippen LogP contribution is -2.22. The van der Waals surface area contributed by atoms with Crippen molar-refractivity contribution < 1.29 is 18.3 Å². The average molecular weight is 497 g/mol. The van der Waals surface area contributed by atoms with Crippen LogP contribution in [0.4, 0.5) is 11.4 Å². The zero-order chi connectivity index (χ0) is 25.2. The van der Waals surface area contributed by atoms with Gasteiger partial charge in [0, 0.05) is 19.3 Å². The lowest BCUT2D eigenvalue weighted by Gasteiger charge is -2.22. The number of carboxylic acid groups (broad SMARTS) is 1. The highest BCUT2D eigenvalue weighted by Gasteiger charge is 2.21. The van der Waals surface area contributed by atoms with Crippen LogP contribution < -0.4 is 9.62 Å². The van der Waals surface area contributed by atoms with E-state index in [2.05, 4.69) is 16.7 Å². The largest absolute Gasteiger partial charge is 0.478 e. The van der Waals surface area contributed by atoms with Crippen molar-refractivity contribution in [3.63, 3.8) is 0 Å². The fraction of sp³-hybridized carbons (Fsp3) is 0.385. The average Bonchev–Trinajstić information content (AvgIpc) is 3.16. The van der Waals surface area contributed by atoms with Crippen LogP contribution in [0.25, 0.3) is 0 Å². The highest BCUT2D eigenvalue weighted by atomic mass is 32.2. The Hall–Kier alpha value is -3.33. The van der Waals surface area contributed by atoms with Crippen molar-refractivity contribution in [1.82, 2.24) is 9.78 Å². The van der Waals surface area contributed by atoms with E-state index < -0.39 is 16.0 Å². The Morgan fingerprint density at radius 3 is 2.57 bits per heavy atom. The predicted octanol–water partition coefficient (Wildman–Crippen LogP) is 4.62. The topological polar surface area (TPSA) is 105 Å². The summed E-state index contributed by atoms with van der Waals surface area (Å²) >= 11 is 0. The lowest BCUT2D eigenvalue weighted by molar-refractivity contribution is 0.0697. The first-order chi connectivity index (χ1) is 16.7. The normalized spacial score (nSPS) is 13.3. The van der Waals surface area contributed by atoms with Crippen LogP contribution in [0.2, 0.25) is 0 Å². The smallest absolute Gasteiger partial charge is 0.337 e. The molecule has 186 valence electrons. The molecule has 0 spiro atoms. The number of sulfonamides is 1. The summed E-state index contributed by atoms with van der Waals surface area (Å²) < 4.78 is 30.6. The second-order valence-corrected chi connectivity index (χ2v) is 10.8. The molecule has 0 unspecified atom stereocenters. The summed E-state index contributed by atoms with van der Waals surface area (Å²) in [6.07, 6.45) is 4.96. The minimum Gasteiger partial charge on any atom is -0.478 e. The highest BCUT2D eigenvalue weighted by Crippen LogP contribution is 2.28. The fourth-order valence-corrected chi connectivity index (χ4v) is 5.75. The van der Waals surface area contributed by atoms with Gasteiger partial charge in [0.15, 0.2) is 0 Å². The van der Waals surface area contributed by atoms with Crippen LogP contribution in [0.1, 0.15) is 59.1 Å². The van der Waals surface area contributed by atoms with Crippen molar-refractivity contribution in [2.75, 3.05) is 16.7 Å². The molecule has 3 aromatic rings. The maximum absolute atomic E-state index is 13.1. The Bertz CT molecular complexity index is 1350. The SMILES string of the molecule is CCCn1nc(C)cc1CN(C)c1ccc(NS(=O)(=O)c2ccc3c(c2)CCCC3)cc1C(=O)O. The standard InChI is InChI=1S/C26H32N4O4S/c1-4-13-30-22(14-18(2)27-30)17-29(3)25-12-10-21(16-24(25)26(31)32)28-35(33,34)23-11-9-19-7-5-6-8-20(19)15-23/h9-12,14-16,28H,4-8,13,17H2,1-3H3,(H,31,32). The van der Waals surface area contributed by atoms with Crippen LogP contribution in [0.3, 0.4) is 0 Å². The molecule has 0 atom stereocenters. The van der Waals surface area contributed by atoms with Gasteiger partial charge in [-0.05, 0) is 86.6 Å². The van der Waals surface area contributed by atoms with E-state index in [1.54, 1.807) is 24.3 Å². The molecule has 2 N–H and O–H groups in total. The first-order valence-corrected chi connectivity index (χ1v) is 13.4. The van der Waals surface area contributed by atoms with Crippen molar-refractivity contribution in [2.45, 2.75) is 63.9 Å². The Kier molecular flexibility index (Phi) is 7.16. The van der Waals surface area contributed by atoms with Crippen LogP contribution in [-0.2, 0) is 36.0 Å². The lowest BCUT2D eigenvalue weighted by atomic mass is 9.92. The number of aromatic carboxylic acids is 1. The number of aromatic nitrogens is 2. The molecule has 0 saturated heterocycles. The van der Waals surface area contributed by atoms with Gasteiger partial charge in [-0.1, -0.05) is 13.0 Å². The molecular formula is C26H32N4O4S. The summed E-state index contributed by atoms with van der Waals surface area (Å²) in [5.41, 5.74) is 4.90. The number of aryl methyl sites for hydroxylation is 4. The number of nitrogens with one attached hydrogen (secondary N) is 1. The Morgan fingerprint density at radius 1 is 1.11 bits per heavy atom. The molecule has 0 bridgehead atoms. The summed E-state index contributed by atoms with van der Waals surface area (Å²) in [4.78, 5) is 14.1. The molecule has 0 fully saturated rings. The predicted molar refractivity (Wildman–Crippen MR) is 137 cm³/mol. The van der Waals surface area contributed by atoms with E-state index in [0.717, 1.165) is 55.6 Å². The van der Waals surface area contributed by atoms with Crippen molar-refractivity contribution in [2.24, 2.45) is 0 Å². The van der Waals surface area contributed by atoms with E-state index in [9.17, 15) is 18.3 Å². The van der Waals surface area contributed by atoms with Gasteiger partial charge in [-0.15, -0.1) is 0 Å². The van der Waals surface area contributed by atoms with Gasteiger partial charge in [-0.25, -0.2) is 13.2 Å². The molecule has 8 nitrogen and oxygen atoms in total. The minimum atomic E-state index is -3.85. The molecular weight excluding hydrogens is 464 g/mol. The first kappa shape index (κ1) is 24.8. The summed E-state index contributed by atoms with van der Waals surface area (Å²) in [7, 11) is -2.03. The quantitative estimate of drug-likeness (QED) is 0.448. The molecule has 0 aliphatic heterocycles. The first-order valence-electron chi connectivity index (χ1n) is 11.9. The maximum atomic E-state index is 13.1. The second-order valence-electron chi connectivity index (χ2n) is 9.14. The van der Waals surface area contributed by atoms with Crippen LogP contribution in [0.5, 0.6) is 0 Å². The van der Waals surface area contributed by atoms with Crippen molar-refractivity contribution >= 4 is 27.4 Å². The van der Waals surface area contributed by atoms with Gasteiger partial charge < -0.3 is 10.0 Å². The third kappa shape index (κ3) is 5.51. The van der Waals surface area contributed by atoms with Gasteiger partial charge in [0.2, 0.25) is 0 Å². The van der Waals surface area contributed by atoms with Gasteiger partial charge in [0.05, 0.1) is 34.1 Å². The molecule has 2 aromatic carbocycles. The zero-order valence-corrected chi connectivity index (χ0v) is 21.2. The van der Waals surface area contributed by atoms with Crippen LogP contribution in [-0.4, -0.2) is 36.3 Å². The van der Waals surface area contributed by atoms with Gasteiger partial charge >= 0.3 is 5.97 Å². The number of benzene rings is 2. The van der Waals surface area contributed by atoms with Crippen LogP contribution >= 0.6 is 0 Å². The van der Waals surface area contributed by atoms with E-state index in [1.807, 2.05) is 35.7 Å². The van der Waals surface area contributed by atoms with Crippen molar-refractivity contribution in [1.29, 1.82) is 0 Å². The van der Waals surface area contributed by atoms with E-state index in [-0.39, 0.29) is 16.1 Å². The zero-order valence-electron chi connectivity index (χ0n) is 20.4. The van der Waals surface area contributed by atoms with E-state index in [0.29, 0.717) is 12.2 Å². The number of carboxylic acids is 1. The third-order valence-corrected chi connectivity index (χ3v) is 7.72. The van der Waals surface area contributed by atoms with Crippen LogP contribution in [0.15, 0.2) is 47.4 Å². The fourth-order valence-electron chi connectivity index (χ4n) is 4.65. The molecule has 0 saturated carbocycles. The Balaban J connectivity index is 1.58. The monoisotopic (exact) mass is 496 g/mol. The number of fused-ring (bicyclic) bond motifs is 1. The number of nitrogens with zero attached hydrogens (tertiary/aromatic N) is 3. The second kappa shape index (κ2) is 10.1. The van der Waals surface area contributed by atoms with Gasteiger partial charge in [0.25, 0.3) is 10.0 Å². The molecule has 9 heteroatoms. The van der Waals surface area contributed by atoms with E-state index in [1.165, 1.54) is 11.6 Å². The summed E-state index contributed by atoms with van der Waals surface area (Å²) in [6, 6.07) is 11.8. The molecule has 0 amide bonds. The van der Waals surface area contributed by atoms with Gasteiger partial charge in [-0.2, -0.15) is 5.10 Å². The Morgan fingerprint density at radius 2 is 1.86 bits per heavy atom. The number of rotatable bonds is 9. The summed E-state index contributed by atoms with van der Waals surface area (Å²) in [6.45, 7) is 5.27. The van der Waals surface area contributed by atoms with E-state index >= 15 is 0 Å². The number of anilines is 2. The molecule has 1 aliphatic rings. The summed E-state index contributed by atoms with van der Waals surface area (Å²) in [5, 5.41) is 14.4. The van der Waals surface area contributed by atoms with E-state index in [4.69, 9.17) is 0 Å². The van der Waals surface area contributed by atoms with Gasteiger partial charge in [0.1, 0.15) is 0 Å². The van der Waals surface area contributed by atoms with Crippen LogP contribution in [0, 0.1) is 6.92 Å². The molecule has 1 heterocycles. The number of carbonyl (C=O) groups is 1. The van der Waals surface area contributed by atoms with Gasteiger partial charge in [-0.3, -0.25) is 9.40 Å². The molecule has 0 radical (unpaired) electrons. The highest BCUT2D eigenvalue weighted by molar-refractivity contribution is 7.92. The molecule has 1 aliphatic carbocycles. The van der Waals surface area contributed by atoms with Crippen molar-refractivity contribution in [3.05, 3.63) is 70.5 Å². The molecule has 4 rings (SSSR count). The maximum Gasteiger partial charge on any atom is 0.337 e. The molecule has 35 heavy (non-hydrogen) atoms. The summed E-state index contributed by atoms with van der Waals surface area (Å²) in [5.74, 6) is -1.13. The number of hydrogen-bond donors (Lipinski definition) is 2. The Labute approximate surface area is 206 Å². The minimum absolute atomic E-state index is 0.0245. The van der Waals surface area contributed by atoms with Crippen molar-refractivity contribution in [3.8, 4) is 0 Å². The number of hydrogen-bond acceptors (Lipinski definition) is 5. The molecule has 1 aromatic heterocycles.